The summed E-state index contributed by atoms with van der Waals surface area (Å²) in [7, 11) is 1.49. The summed E-state index contributed by atoms with van der Waals surface area (Å²) in [4.78, 5) is 12.5. The number of halogens is 2. The number of rotatable bonds is 9. The number of ether oxygens (including phenoxy) is 3. The maximum absolute atomic E-state index is 12.5. The number of hydrogen-bond acceptors (Lipinski definition) is 6. The van der Waals surface area contributed by atoms with Gasteiger partial charge in [0, 0.05) is 10.0 Å². The van der Waals surface area contributed by atoms with Crippen molar-refractivity contribution in [2.75, 3.05) is 13.7 Å². The van der Waals surface area contributed by atoms with Crippen molar-refractivity contribution in [1.82, 2.24) is 5.43 Å². The molecule has 0 aliphatic rings. The van der Waals surface area contributed by atoms with Gasteiger partial charge in [-0.15, -0.1) is 0 Å². The number of nitrogens with zero attached hydrogens (tertiary/aromatic N) is 2. The summed E-state index contributed by atoms with van der Waals surface area (Å²) in [5.41, 5.74) is 4.67. The van der Waals surface area contributed by atoms with Crippen molar-refractivity contribution in [3.8, 4) is 23.3 Å². The van der Waals surface area contributed by atoms with Crippen LogP contribution in [0.3, 0.4) is 0 Å². The van der Waals surface area contributed by atoms with Crippen LogP contribution in [0.5, 0.6) is 17.2 Å². The molecule has 0 bridgehead atoms. The second kappa shape index (κ2) is 12.1. The van der Waals surface area contributed by atoms with Crippen molar-refractivity contribution in [1.29, 1.82) is 5.26 Å². The maximum Gasteiger partial charge on any atom is 0.275 e. The molecule has 174 valence electrons. The highest BCUT2D eigenvalue weighted by atomic mass is 79.9. The van der Waals surface area contributed by atoms with Gasteiger partial charge < -0.3 is 14.2 Å². The molecule has 9 heteroatoms. The summed E-state index contributed by atoms with van der Waals surface area (Å²) in [5.74, 6) is 0.779. The Bertz CT molecular complexity index is 1260. The van der Waals surface area contributed by atoms with E-state index in [1.54, 1.807) is 42.5 Å². The molecule has 0 fully saturated rings. The Morgan fingerprint density at radius 3 is 2.71 bits per heavy atom. The van der Waals surface area contributed by atoms with Crippen molar-refractivity contribution in [3.63, 3.8) is 0 Å². The fourth-order valence-electron chi connectivity index (χ4n) is 3.05. The van der Waals surface area contributed by atoms with Crippen LogP contribution < -0.4 is 19.6 Å². The lowest BCUT2D eigenvalue weighted by Gasteiger charge is -2.15. The Labute approximate surface area is 211 Å². The van der Waals surface area contributed by atoms with E-state index in [1.807, 2.05) is 19.1 Å². The van der Waals surface area contributed by atoms with E-state index in [-0.39, 0.29) is 6.61 Å². The van der Waals surface area contributed by atoms with Gasteiger partial charge in [0.2, 0.25) is 0 Å². The van der Waals surface area contributed by atoms with Gasteiger partial charge in [0.05, 0.1) is 42.2 Å². The molecule has 7 nitrogen and oxygen atoms in total. The minimum absolute atomic E-state index is 0.154. The molecule has 0 spiro atoms. The largest absolute Gasteiger partial charge is 0.496 e. The highest BCUT2D eigenvalue weighted by molar-refractivity contribution is 9.10. The van der Waals surface area contributed by atoms with Crippen molar-refractivity contribution in [3.05, 3.63) is 86.3 Å². The number of carbonyl (C=O) groups is 1. The molecule has 0 aromatic heterocycles. The molecule has 0 saturated heterocycles. The molecule has 1 amide bonds. The predicted octanol–water partition coefficient (Wildman–Crippen LogP) is 5.72. The quantitative estimate of drug-likeness (QED) is 0.276. The molecule has 1 N–H and O–H groups in total. The van der Waals surface area contributed by atoms with Crippen LogP contribution in [0.1, 0.15) is 34.0 Å². The Balaban J connectivity index is 1.77. The molecule has 0 aliphatic carbocycles. The van der Waals surface area contributed by atoms with Gasteiger partial charge in [-0.1, -0.05) is 45.7 Å². The lowest BCUT2D eigenvalue weighted by molar-refractivity contribution is 0.0952. The number of benzene rings is 3. The zero-order valence-electron chi connectivity index (χ0n) is 18.5. The molecule has 0 unspecified atom stereocenters. The number of nitriles is 1. The Hall–Kier alpha value is -3.54. The molecule has 0 heterocycles. The first-order valence-electron chi connectivity index (χ1n) is 10.2. The zero-order valence-corrected chi connectivity index (χ0v) is 20.8. The van der Waals surface area contributed by atoms with E-state index in [9.17, 15) is 10.1 Å². The zero-order chi connectivity index (χ0) is 24.5. The summed E-state index contributed by atoms with van der Waals surface area (Å²) >= 11 is 9.81. The Morgan fingerprint density at radius 2 is 1.97 bits per heavy atom. The fraction of sp³-hybridized carbons (Fsp3) is 0.160. The fourth-order valence-corrected chi connectivity index (χ4v) is 3.69. The van der Waals surface area contributed by atoms with E-state index in [2.05, 4.69) is 32.5 Å². The van der Waals surface area contributed by atoms with Crippen LogP contribution >= 0.6 is 27.5 Å². The second-order valence-electron chi connectivity index (χ2n) is 6.86. The van der Waals surface area contributed by atoms with Crippen molar-refractivity contribution in [2.45, 2.75) is 13.5 Å². The third kappa shape index (κ3) is 6.28. The topological polar surface area (TPSA) is 92.9 Å². The van der Waals surface area contributed by atoms with Crippen LogP contribution in [0, 0.1) is 11.3 Å². The Morgan fingerprint density at radius 1 is 1.18 bits per heavy atom. The number of nitrogens with one attached hydrogen (secondary N) is 1. The highest BCUT2D eigenvalue weighted by Crippen LogP contribution is 2.37. The molecule has 3 aromatic carbocycles. The first-order chi connectivity index (χ1) is 16.5. The van der Waals surface area contributed by atoms with E-state index in [0.717, 1.165) is 10.0 Å². The summed E-state index contributed by atoms with van der Waals surface area (Å²) < 4.78 is 17.6. The predicted molar refractivity (Wildman–Crippen MR) is 134 cm³/mol. The molecular formula is C25H21BrClN3O4. The van der Waals surface area contributed by atoms with Crippen LogP contribution in [0.2, 0.25) is 5.02 Å². The molecular weight excluding hydrogens is 522 g/mol. The van der Waals surface area contributed by atoms with Gasteiger partial charge in [0.25, 0.3) is 5.91 Å². The first kappa shape index (κ1) is 25.1. The van der Waals surface area contributed by atoms with Gasteiger partial charge >= 0.3 is 0 Å². The van der Waals surface area contributed by atoms with Gasteiger partial charge in [0.1, 0.15) is 12.4 Å². The SMILES string of the molecule is CCOc1cc(/C=N\NC(=O)c2cc(Br)ccc2OC)cc(Cl)c1OCc1ccccc1C#N. The summed E-state index contributed by atoms with van der Waals surface area (Å²) in [5, 5.41) is 13.6. The number of hydrogen-bond donors (Lipinski definition) is 1. The van der Waals surface area contributed by atoms with E-state index in [0.29, 0.717) is 45.6 Å². The van der Waals surface area contributed by atoms with Gasteiger partial charge in [-0.2, -0.15) is 10.4 Å². The normalized spacial score (nSPS) is 10.6. The molecule has 3 aromatic rings. The minimum Gasteiger partial charge on any atom is -0.496 e. The maximum atomic E-state index is 12.5. The molecule has 0 saturated carbocycles. The molecule has 0 atom stereocenters. The molecule has 3 rings (SSSR count). The van der Waals surface area contributed by atoms with Gasteiger partial charge in [-0.05, 0) is 48.9 Å². The van der Waals surface area contributed by atoms with Gasteiger partial charge in [0.15, 0.2) is 11.5 Å². The van der Waals surface area contributed by atoms with Crippen molar-refractivity contribution < 1.29 is 19.0 Å². The smallest absolute Gasteiger partial charge is 0.275 e. The Kier molecular flexibility index (Phi) is 8.91. The van der Waals surface area contributed by atoms with Crippen LogP contribution in [0.4, 0.5) is 0 Å². The highest BCUT2D eigenvalue weighted by Gasteiger charge is 2.15. The average Bonchev–Trinajstić information content (AvgIpc) is 2.83. The molecule has 0 radical (unpaired) electrons. The standard InChI is InChI=1S/C25H21BrClN3O4/c1-3-33-23-11-16(14-29-30-25(31)20-12-19(26)8-9-22(20)32-2)10-21(27)24(23)34-15-18-7-5-4-6-17(18)13-28/h4-12,14H,3,15H2,1-2H3,(H,30,31)/b29-14-. The molecule has 34 heavy (non-hydrogen) atoms. The van der Waals surface area contributed by atoms with Crippen LogP contribution in [-0.2, 0) is 6.61 Å². The van der Waals surface area contributed by atoms with Gasteiger partial charge in [-0.3, -0.25) is 4.79 Å². The minimum atomic E-state index is -0.429. The van der Waals surface area contributed by atoms with E-state index in [1.165, 1.54) is 13.3 Å². The van der Waals surface area contributed by atoms with Crippen LogP contribution in [0.25, 0.3) is 0 Å². The molecule has 0 aliphatic heterocycles. The van der Waals surface area contributed by atoms with E-state index < -0.39 is 5.91 Å². The monoisotopic (exact) mass is 541 g/mol. The second-order valence-corrected chi connectivity index (χ2v) is 8.19. The summed E-state index contributed by atoms with van der Waals surface area (Å²) in [6.45, 7) is 2.39. The number of amides is 1. The van der Waals surface area contributed by atoms with Crippen molar-refractivity contribution in [2.24, 2.45) is 5.10 Å². The van der Waals surface area contributed by atoms with Gasteiger partial charge in [-0.25, -0.2) is 5.43 Å². The summed E-state index contributed by atoms with van der Waals surface area (Å²) in [6, 6.07) is 17.8. The number of methoxy groups -OCH3 is 1. The summed E-state index contributed by atoms with van der Waals surface area (Å²) in [6.07, 6.45) is 1.45. The third-order valence-electron chi connectivity index (χ3n) is 4.63. The third-order valence-corrected chi connectivity index (χ3v) is 5.40. The first-order valence-corrected chi connectivity index (χ1v) is 11.4. The lowest BCUT2D eigenvalue weighted by atomic mass is 10.1. The number of hydrazone groups is 1. The van der Waals surface area contributed by atoms with Crippen molar-refractivity contribution >= 4 is 39.7 Å². The van der Waals surface area contributed by atoms with E-state index >= 15 is 0 Å². The average molecular weight is 543 g/mol. The van der Waals surface area contributed by atoms with Crippen LogP contribution in [0.15, 0.2) is 64.2 Å². The lowest BCUT2D eigenvalue weighted by Crippen LogP contribution is -2.18. The van der Waals surface area contributed by atoms with Crippen LogP contribution in [-0.4, -0.2) is 25.8 Å². The number of carbonyl (C=O) groups excluding carboxylic acids is 1. The van der Waals surface area contributed by atoms with E-state index in [4.69, 9.17) is 25.8 Å².